The van der Waals surface area contributed by atoms with Crippen LogP contribution in [0.4, 0.5) is 5.69 Å². The number of carbonyl (C=O) groups is 1. The fraction of sp³-hybridized carbons (Fsp3) is 0.500. The van der Waals surface area contributed by atoms with Gasteiger partial charge in [-0.25, -0.2) is 0 Å². The molecule has 3 heteroatoms. The number of nitrogens with zero attached hydrogens (tertiary/aromatic N) is 1. The molecular formula is C26H34N2O. The molecule has 1 N–H and O–H groups in total. The molecule has 0 atom stereocenters. The topological polar surface area (TPSA) is 32.3 Å². The number of hydrogen-bond acceptors (Lipinski definition) is 3. The Labute approximate surface area is 175 Å². The van der Waals surface area contributed by atoms with Gasteiger partial charge in [0.25, 0.3) is 0 Å². The molecule has 0 unspecified atom stereocenters. The molecule has 3 nitrogen and oxygen atoms in total. The summed E-state index contributed by atoms with van der Waals surface area (Å²) in [6.45, 7) is 4.44. The van der Waals surface area contributed by atoms with E-state index in [4.69, 9.17) is 0 Å². The van der Waals surface area contributed by atoms with Crippen molar-refractivity contribution in [2.24, 2.45) is 0 Å². The zero-order valence-electron chi connectivity index (χ0n) is 17.6. The standard InChI is InChI=1S/C26H34N2O/c29-25(13-5-2-6-15-27-16-14-21-9-3-1-4-10-21)24-19-22-11-7-17-28-18-8-12-23(20-24)26(22)28/h1,3-4,9-10,19-20,27H,2,5-8,11-18H2. The van der Waals surface area contributed by atoms with Crippen molar-refractivity contribution in [2.45, 2.75) is 57.8 Å². The maximum Gasteiger partial charge on any atom is 0.162 e. The first kappa shape index (κ1) is 20.2. The third-order valence-electron chi connectivity index (χ3n) is 6.34. The molecule has 2 aliphatic rings. The van der Waals surface area contributed by atoms with Crippen molar-refractivity contribution in [3.8, 4) is 0 Å². The van der Waals surface area contributed by atoms with Gasteiger partial charge in [-0.2, -0.15) is 0 Å². The van der Waals surface area contributed by atoms with Gasteiger partial charge >= 0.3 is 0 Å². The van der Waals surface area contributed by atoms with E-state index in [1.54, 1.807) is 0 Å². The Kier molecular flexibility index (Phi) is 7.00. The van der Waals surface area contributed by atoms with E-state index >= 15 is 0 Å². The van der Waals surface area contributed by atoms with Crippen LogP contribution in [-0.2, 0) is 19.3 Å². The average Bonchev–Trinajstić information content (AvgIpc) is 2.76. The van der Waals surface area contributed by atoms with Crippen LogP contribution in [0.2, 0.25) is 0 Å². The van der Waals surface area contributed by atoms with Crippen molar-refractivity contribution in [1.82, 2.24) is 5.32 Å². The van der Waals surface area contributed by atoms with Gasteiger partial charge in [0.1, 0.15) is 0 Å². The smallest absolute Gasteiger partial charge is 0.162 e. The van der Waals surface area contributed by atoms with Crippen LogP contribution in [0.3, 0.4) is 0 Å². The second-order valence-electron chi connectivity index (χ2n) is 8.56. The summed E-state index contributed by atoms with van der Waals surface area (Å²) in [6, 6.07) is 15.0. The van der Waals surface area contributed by atoms with Crippen LogP contribution >= 0.6 is 0 Å². The molecule has 0 spiro atoms. The second kappa shape index (κ2) is 10.1. The molecular weight excluding hydrogens is 356 g/mol. The van der Waals surface area contributed by atoms with Gasteiger partial charge in [0.2, 0.25) is 0 Å². The van der Waals surface area contributed by atoms with Crippen LogP contribution in [0.5, 0.6) is 0 Å². The van der Waals surface area contributed by atoms with Gasteiger partial charge in [-0.15, -0.1) is 0 Å². The quantitative estimate of drug-likeness (QED) is 0.460. The lowest BCUT2D eigenvalue weighted by atomic mass is 9.88. The minimum Gasteiger partial charge on any atom is -0.371 e. The summed E-state index contributed by atoms with van der Waals surface area (Å²) in [6.07, 6.45) is 9.75. The van der Waals surface area contributed by atoms with E-state index in [0.717, 1.165) is 57.2 Å². The van der Waals surface area contributed by atoms with Crippen molar-refractivity contribution in [1.29, 1.82) is 0 Å². The van der Waals surface area contributed by atoms with E-state index in [1.807, 2.05) is 0 Å². The second-order valence-corrected chi connectivity index (χ2v) is 8.56. The number of carbonyl (C=O) groups excluding carboxylic acids is 1. The summed E-state index contributed by atoms with van der Waals surface area (Å²) in [5.74, 6) is 0.337. The predicted octanol–water partition coefficient (Wildman–Crippen LogP) is 4.96. The van der Waals surface area contributed by atoms with Crippen LogP contribution < -0.4 is 10.2 Å². The van der Waals surface area contributed by atoms with Gasteiger partial charge in [-0.1, -0.05) is 36.8 Å². The lowest BCUT2D eigenvalue weighted by Gasteiger charge is -2.37. The van der Waals surface area contributed by atoms with Crippen LogP contribution in [0, 0.1) is 0 Å². The highest BCUT2D eigenvalue weighted by atomic mass is 16.1. The summed E-state index contributed by atoms with van der Waals surface area (Å²) in [5, 5.41) is 3.52. The van der Waals surface area contributed by atoms with E-state index < -0.39 is 0 Å². The number of ketones is 1. The molecule has 2 aromatic carbocycles. The number of nitrogens with one attached hydrogen (secondary N) is 1. The lowest BCUT2D eigenvalue weighted by molar-refractivity contribution is 0.0979. The van der Waals surface area contributed by atoms with Gasteiger partial charge < -0.3 is 10.2 Å². The number of rotatable bonds is 10. The number of hydrogen-bond donors (Lipinski definition) is 1. The minimum absolute atomic E-state index is 0.337. The van der Waals surface area contributed by atoms with Gasteiger partial charge in [0, 0.05) is 30.8 Å². The van der Waals surface area contributed by atoms with Gasteiger partial charge in [-0.05, 0) is 86.9 Å². The van der Waals surface area contributed by atoms with E-state index in [1.165, 1.54) is 48.3 Å². The molecule has 0 aromatic heterocycles. The highest BCUT2D eigenvalue weighted by molar-refractivity contribution is 5.97. The zero-order chi connectivity index (χ0) is 19.9. The van der Waals surface area contributed by atoms with E-state index in [0.29, 0.717) is 12.2 Å². The van der Waals surface area contributed by atoms with E-state index in [-0.39, 0.29) is 0 Å². The molecule has 0 bridgehead atoms. The lowest BCUT2D eigenvalue weighted by Crippen LogP contribution is -2.34. The van der Waals surface area contributed by atoms with Crippen LogP contribution in [0.25, 0.3) is 0 Å². The highest BCUT2D eigenvalue weighted by Gasteiger charge is 2.25. The number of anilines is 1. The molecule has 0 fully saturated rings. The largest absolute Gasteiger partial charge is 0.371 e. The first-order valence-electron chi connectivity index (χ1n) is 11.5. The molecule has 29 heavy (non-hydrogen) atoms. The van der Waals surface area contributed by atoms with Gasteiger partial charge in [0.05, 0.1) is 0 Å². The zero-order valence-corrected chi connectivity index (χ0v) is 17.6. The Bertz CT molecular complexity index is 784. The maximum absolute atomic E-state index is 12.8. The van der Waals surface area contributed by atoms with Crippen LogP contribution in [-0.4, -0.2) is 32.0 Å². The van der Waals surface area contributed by atoms with Crippen LogP contribution in [0.1, 0.15) is 65.6 Å². The molecule has 154 valence electrons. The van der Waals surface area contributed by atoms with Crippen molar-refractivity contribution < 1.29 is 4.79 Å². The summed E-state index contributed by atoms with van der Waals surface area (Å²) in [5.41, 5.74) is 6.64. The number of aryl methyl sites for hydroxylation is 2. The molecule has 0 radical (unpaired) electrons. The molecule has 4 rings (SSSR count). The van der Waals surface area contributed by atoms with Gasteiger partial charge in [0.15, 0.2) is 5.78 Å². The molecule has 0 saturated heterocycles. The molecule has 0 saturated carbocycles. The van der Waals surface area contributed by atoms with E-state index in [9.17, 15) is 4.79 Å². The van der Waals surface area contributed by atoms with Gasteiger partial charge in [-0.3, -0.25) is 4.79 Å². The van der Waals surface area contributed by atoms with Crippen molar-refractivity contribution in [3.63, 3.8) is 0 Å². The molecule has 0 aliphatic carbocycles. The Morgan fingerprint density at radius 1 is 0.897 bits per heavy atom. The number of Topliss-reactive ketones (excluding diaryl/α,β-unsaturated/α-hetero) is 1. The number of unbranched alkanes of at least 4 members (excludes halogenated alkanes) is 2. The SMILES string of the molecule is O=C(CCCCCNCCc1ccccc1)c1cc2c3c(c1)CCCN3CCC2. The van der Waals surface area contributed by atoms with E-state index in [2.05, 4.69) is 52.7 Å². The Balaban J connectivity index is 1.17. The van der Waals surface area contributed by atoms with Crippen molar-refractivity contribution in [2.75, 3.05) is 31.1 Å². The highest BCUT2D eigenvalue weighted by Crippen LogP contribution is 2.36. The number of benzene rings is 2. The fourth-order valence-electron chi connectivity index (χ4n) is 4.82. The summed E-state index contributed by atoms with van der Waals surface area (Å²) in [4.78, 5) is 15.3. The fourth-order valence-corrected chi connectivity index (χ4v) is 4.82. The third kappa shape index (κ3) is 5.27. The average molecular weight is 391 g/mol. The Morgan fingerprint density at radius 3 is 2.34 bits per heavy atom. The normalized spacial score (nSPS) is 15.2. The monoisotopic (exact) mass is 390 g/mol. The summed E-state index contributed by atoms with van der Waals surface area (Å²) < 4.78 is 0. The van der Waals surface area contributed by atoms with Crippen LogP contribution in [0.15, 0.2) is 42.5 Å². The minimum atomic E-state index is 0.337. The molecule has 2 heterocycles. The summed E-state index contributed by atoms with van der Waals surface area (Å²) >= 11 is 0. The summed E-state index contributed by atoms with van der Waals surface area (Å²) in [7, 11) is 0. The molecule has 2 aromatic rings. The maximum atomic E-state index is 12.8. The Morgan fingerprint density at radius 2 is 1.62 bits per heavy atom. The molecule has 2 aliphatic heterocycles. The third-order valence-corrected chi connectivity index (χ3v) is 6.34. The van der Waals surface area contributed by atoms with Crippen molar-refractivity contribution >= 4 is 11.5 Å². The molecule has 0 amide bonds. The first-order chi connectivity index (χ1) is 14.3. The Hall–Kier alpha value is -2.13. The van der Waals surface area contributed by atoms with Crippen molar-refractivity contribution in [3.05, 3.63) is 64.7 Å². The first-order valence-corrected chi connectivity index (χ1v) is 11.5. The predicted molar refractivity (Wildman–Crippen MR) is 121 cm³/mol.